The summed E-state index contributed by atoms with van der Waals surface area (Å²) in [6.07, 6.45) is 1.63. The molecule has 5 nitrogen and oxygen atoms in total. The lowest BCUT2D eigenvalue weighted by Crippen LogP contribution is -2.44. The topological polar surface area (TPSA) is 44.3 Å². The molecule has 2 aromatic rings. The van der Waals surface area contributed by atoms with Gasteiger partial charge >= 0.3 is 0 Å². The molecule has 1 fully saturated rings. The van der Waals surface area contributed by atoms with Crippen LogP contribution in [0.1, 0.15) is 5.56 Å². The van der Waals surface area contributed by atoms with Crippen LogP contribution in [0.4, 0.5) is 17.3 Å². The van der Waals surface area contributed by atoms with Gasteiger partial charge in [-0.05, 0) is 26.1 Å². The van der Waals surface area contributed by atoms with Crippen molar-refractivity contribution in [3.05, 3.63) is 42.2 Å². The highest BCUT2D eigenvalue weighted by Crippen LogP contribution is 2.19. The molecule has 0 amide bonds. The average molecular weight is 283 g/mol. The lowest BCUT2D eigenvalue weighted by Gasteiger charge is -2.33. The fourth-order valence-electron chi connectivity index (χ4n) is 2.41. The Morgan fingerprint density at radius 2 is 1.71 bits per heavy atom. The number of nitrogens with zero attached hydrogens (tertiary/aromatic N) is 4. The molecule has 1 aliphatic heterocycles. The summed E-state index contributed by atoms with van der Waals surface area (Å²) >= 11 is 0. The first-order valence-corrected chi connectivity index (χ1v) is 7.30. The average Bonchev–Trinajstić information content (AvgIpc) is 2.51. The Labute approximate surface area is 125 Å². The molecule has 0 bridgehead atoms. The first kappa shape index (κ1) is 13.8. The summed E-state index contributed by atoms with van der Waals surface area (Å²) in [7, 11) is 2.15. The summed E-state index contributed by atoms with van der Waals surface area (Å²) in [5.41, 5.74) is 2.30. The molecule has 110 valence electrons. The van der Waals surface area contributed by atoms with E-state index in [0.717, 1.165) is 43.5 Å². The lowest BCUT2D eigenvalue weighted by molar-refractivity contribution is 0.312. The number of hydrogen-bond acceptors (Lipinski definition) is 5. The molecule has 1 aromatic carbocycles. The summed E-state index contributed by atoms with van der Waals surface area (Å²) in [6, 6.07) is 10.3. The molecule has 0 aliphatic carbocycles. The Morgan fingerprint density at radius 1 is 1.00 bits per heavy atom. The number of anilines is 3. The molecule has 5 heteroatoms. The van der Waals surface area contributed by atoms with E-state index in [-0.39, 0.29) is 0 Å². The second kappa shape index (κ2) is 6.10. The number of piperazine rings is 1. The van der Waals surface area contributed by atoms with Gasteiger partial charge in [0.2, 0.25) is 0 Å². The molecule has 1 aliphatic rings. The van der Waals surface area contributed by atoms with Gasteiger partial charge in [-0.25, -0.2) is 9.97 Å². The maximum absolute atomic E-state index is 4.40. The van der Waals surface area contributed by atoms with Crippen molar-refractivity contribution in [2.24, 2.45) is 0 Å². The molecule has 0 saturated carbocycles. The molecule has 2 heterocycles. The van der Waals surface area contributed by atoms with Crippen molar-refractivity contribution >= 4 is 17.3 Å². The van der Waals surface area contributed by atoms with Crippen LogP contribution in [-0.2, 0) is 0 Å². The van der Waals surface area contributed by atoms with E-state index in [4.69, 9.17) is 0 Å². The highest BCUT2D eigenvalue weighted by Gasteiger charge is 2.15. The minimum absolute atomic E-state index is 0.836. The van der Waals surface area contributed by atoms with Gasteiger partial charge in [0.25, 0.3) is 0 Å². The van der Waals surface area contributed by atoms with Gasteiger partial charge in [-0.2, -0.15) is 0 Å². The molecule has 0 unspecified atom stereocenters. The van der Waals surface area contributed by atoms with Crippen molar-refractivity contribution in [2.45, 2.75) is 6.92 Å². The Morgan fingerprint density at radius 3 is 2.43 bits per heavy atom. The van der Waals surface area contributed by atoms with Crippen LogP contribution in [0.5, 0.6) is 0 Å². The van der Waals surface area contributed by atoms with Gasteiger partial charge in [0, 0.05) is 37.9 Å². The number of aryl methyl sites for hydroxylation is 1. The number of nitrogens with one attached hydrogen (secondary N) is 1. The third kappa shape index (κ3) is 3.49. The van der Waals surface area contributed by atoms with Gasteiger partial charge in [-0.3, -0.25) is 0 Å². The van der Waals surface area contributed by atoms with Crippen molar-refractivity contribution in [1.82, 2.24) is 14.9 Å². The van der Waals surface area contributed by atoms with Crippen LogP contribution in [0.2, 0.25) is 0 Å². The minimum Gasteiger partial charge on any atom is -0.354 e. The second-order valence-corrected chi connectivity index (χ2v) is 5.54. The Bertz CT molecular complexity index is 588. The number of likely N-dealkylation sites (N-methyl/N-ethyl adjacent to an activating group) is 1. The monoisotopic (exact) mass is 283 g/mol. The van der Waals surface area contributed by atoms with Crippen LogP contribution < -0.4 is 10.2 Å². The van der Waals surface area contributed by atoms with E-state index < -0.39 is 0 Å². The molecule has 0 spiro atoms. The molecule has 1 N–H and O–H groups in total. The number of benzene rings is 1. The van der Waals surface area contributed by atoms with Crippen molar-refractivity contribution in [3.63, 3.8) is 0 Å². The molecule has 0 radical (unpaired) electrons. The molecule has 1 aromatic heterocycles. The van der Waals surface area contributed by atoms with Gasteiger partial charge in [-0.1, -0.05) is 17.7 Å². The van der Waals surface area contributed by atoms with Gasteiger partial charge in [0.1, 0.15) is 18.0 Å². The van der Waals surface area contributed by atoms with Crippen LogP contribution in [0.15, 0.2) is 36.7 Å². The molecule has 1 saturated heterocycles. The summed E-state index contributed by atoms with van der Waals surface area (Å²) < 4.78 is 0. The van der Waals surface area contributed by atoms with Crippen LogP contribution in [0.25, 0.3) is 0 Å². The van der Waals surface area contributed by atoms with Gasteiger partial charge in [0.15, 0.2) is 0 Å². The summed E-state index contributed by atoms with van der Waals surface area (Å²) in [4.78, 5) is 13.4. The first-order chi connectivity index (χ1) is 10.2. The Kier molecular flexibility index (Phi) is 4.01. The predicted molar refractivity (Wildman–Crippen MR) is 86.2 cm³/mol. The zero-order valence-electron chi connectivity index (χ0n) is 12.6. The van der Waals surface area contributed by atoms with Crippen LogP contribution in [-0.4, -0.2) is 48.1 Å². The van der Waals surface area contributed by atoms with E-state index in [1.807, 2.05) is 6.07 Å². The second-order valence-electron chi connectivity index (χ2n) is 5.54. The highest BCUT2D eigenvalue weighted by molar-refractivity contribution is 5.59. The Balaban J connectivity index is 1.72. The molecule has 3 rings (SSSR count). The van der Waals surface area contributed by atoms with E-state index in [1.54, 1.807) is 6.33 Å². The minimum atomic E-state index is 0.836. The van der Waals surface area contributed by atoms with Crippen molar-refractivity contribution in [2.75, 3.05) is 43.4 Å². The molecule has 21 heavy (non-hydrogen) atoms. The fraction of sp³-hybridized carbons (Fsp3) is 0.375. The smallest absolute Gasteiger partial charge is 0.135 e. The Hall–Kier alpha value is -2.14. The standard InChI is InChI=1S/C16H21N5/c1-13-3-5-14(6-4-13)19-15-11-16(18-12-17-15)21-9-7-20(2)8-10-21/h3-6,11-12H,7-10H2,1-2H3,(H,17,18,19). The number of rotatable bonds is 3. The molecular formula is C16H21N5. The van der Waals surface area contributed by atoms with Crippen molar-refractivity contribution in [3.8, 4) is 0 Å². The fourth-order valence-corrected chi connectivity index (χ4v) is 2.41. The lowest BCUT2D eigenvalue weighted by atomic mass is 10.2. The predicted octanol–water partition coefficient (Wildman–Crippen LogP) is 2.28. The van der Waals surface area contributed by atoms with Crippen LogP contribution in [0.3, 0.4) is 0 Å². The molecular weight excluding hydrogens is 262 g/mol. The van der Waals surface area contributed by atoms with Crippen molar-refractivity contribution < 1.29 is 0 Å². The summed E-state index contributed by atoms with van der Waals surface area (Å²) in [5.74, 6) is 1.83. The van der Waals surface area contributed by atoms with E-state index in [9.17, 15) is 0 Å². The maximum atomic E-state index is 4.40. The summed E-state index contributed by atoms with van der Waals surface area (Å²) in [6.45, 7) is 6.25. The first-order valence-electron chi connectivity index (χ1n) is 7.30. The normalized spacial score (nSPS) is 16.0. The van der Waals surface area contributed by atoms with E-state index >= 15 is 0 Å². The van der Waals surface area contributed by atoms with E-state index in [2.05, 4.69) is 63.3 Å². The third-order valence-corrected chi connectivity index (χ3v) is 3.80. The summed E-state index contributed by atoms with van der Waals surface area (Å²) in [5, 5.41) is 3.33. The van der Waals surface area contributed by atoms with E-state index in [1.165, 1.54) is 5.56 Å². The SMILES string of the molecule is Cc1ccc(Nc2cc(N3CCN(C)CC3)ncn2)cc1. The highest BCUT2D eigenvalue weighted by atomic mass is 15.3. The quantitative estimate of drug-likeness (QED) is 0.936. The van der Waals surface area contributed by atoms with E-state index in [0.29, 0.717) is 0 Å². The molecule has 0 atom stereocenters. The third-order valence-electron chi connectivity index (χ3n) is 3.80. The number of hydrogen-bond donors (Lipinski definition) is 1. The van der Waals surface area contributed by atoms with Gasteiger partial charge < -0.3 is 15.1 Å². The number of aromatic nitrogens is 2. The largest absolute Gasteiger partial charge is 0.354 e. The maximum Gasteiger partial charge on any atom is 0.135 e. The van der Waals surface area contributed by atoms with Crippen LogP contribution >= 0.6 is 0 Å². The van der Waals surface area contributed by atoms with Crippen molar-refractivity contribution in [1.29, 1.82) is 0 Å². The van der Waals surface area contributed by atoms with Gasteiger partial charge in [-0.15, -0.1) is 0 Å². The van der Waals surface area contributed by atoms with Gasteiger partial charge in [0.05, 0.1) is 0 Å². The van der Waals surface area contributed by atoms with Crippen LogP contribution in [0, 0.1) is 6.92 Å². The zero-order chi connectivity index (χ0) is 14.7. The zero-order valence-corrected chi connectivity index (χ0v) is 12.6.